The maximum Gasteiger partial charge on any atom is 0.238 e. The van der Waals surface area contributed by atoms with Crippen LogP contribution in [0.5, 0.6) is 0 Å². The maximum atomic E-state index is 15.0. The topological polar surface area (TPSA) is 70.2 Å². The van der Waals surface area contributed by atoms with Crippen LogP contribution in [-0.2, 0) is 16.1 Å². The van der Waals surface area contributed by atoms with Crippen LogP contribution < -0.4 is 16.0 Å². The van der Waals surface area contributed by atoms with Crippen molar-refractivity contribution in [2.45, 2.75) is 63.1 Å². The SMILES string of the molecule is O=C1CC(c2cccc(Cl)c2F)[C@H](C(=O)NC2CCCCC2)NCc2ccc(Cl)cc2N1. The second-order valence-electron chi connectivity index (χ2n) is 8.51. The molecule has 0 saturated heterocycles. The van der Waals surface area contributed by atoms with E-state index >= 15 is 4.39 Å². The Morgan fingerprint density at radius 2 is 1.88 bits per heavy atom. The molecule has 3 N–H and O–H groups in total. The molecule has 1 saturated carbocycles. The summed E-state index contributed by atoms with van der Waals surface area (Å²) in [6.07, 6.45) is 5.09. The fraction of sp³-hybridized carbons (Fsp3) is 0.417. The number of carbonyl (C=O) groups is 2. The van der Waals surface area contributed by atoms with E-state index in [-0.39, 0.29) is 34.9 Å². The Kier molecular flexibility index (Phi) is 7.33. The second-order valence-corrected chi connectivity index (χ2v) is 9.35. The van der Waals surface area contributed by atoms with Crippen LogP contribution in [0.3, 0.4) is 0 Å². The molecule has 2 aliphatic rings. The van der Waals surface area contributed by atoms with Crippen molar-refractivity contribution in [1.82, 2.24) is 10.6 Å². The fourth-order valence-corrected chi connectivity index (χ4v) is 4.96. The van der Waals surface area contributed by atoms with E-state index in [0.717, 1.165) is 31.2 Å². The lowest BCUT2D eigenvalue weighted by Crippen LogP contribution is -2.51. The number of carbonyl (C=O) groups excluding carboxylic acids is 2. The number of anilines is 1. The molecule has 32 heavy (non-hydrogen) atoms. The minimum Gasteiger partial charge on any atom is -0.352 e. The fourth-order valence-electron chi connectivity index (χ4n) is 4.61. The monoisotopic (exact) mass is 477 g/mol. The molecule has 2 atom stereocenters. The molecular weight excluding hydrogens is 452 g/mol. The van der Waals surface area contributed by atoms with Gasteiger partial charge in [0.05, 0.1) is 11.1 Å². The Labute approximate surface area is 197 Å². The van der Waals surface area contributed by atoms with Crippen LogP contribution in [0.4, 0.5) is 10.1 Å². The second kappa shape index (κ2) is 10.2. The Bertz CT molecular complexity index is 1010. The van der Waals surface area contributed by atoms with E-state index in [2.05, 4.69) is 16.0 Å². The van der Waals surface area contributed by atoms with Gasteiger partial charge in [0.1, 0.15) is 5.82 Å². The molecule has 5 nitrogen and oxygen atoms in total. The van der Waals surface area contributed by atoms with Gasteiger partial charge in [0.15, 0.2) is 0 Å². The van der Waals surface area contributed by atoms with E-state index in [1.54, 1.807) is 30.3 Å². The van der Waals surface area contributed by atoms with Crippen molar-refractivity contribution in [2.24, 2.45) is 0 Å². The van der Waals surface area contributed by atoms with Gasteiger partial charge in [-0.15, -0.1) is 0 Å². The van der Waals surface area contributed by atoms with Crippen LogP contribution in [0.25, 0.3) is 0 Å². The number of rotatable bonds is 3. The van der Waals surface area contributed by atoms with E-state index in [9.17, 15) is 9.59 Å². The van der Waals surface area contributed by atoms with E-state index in [4.69, 9.17) is 23.2 Å². The van der Waals surface area contributed by atoms with Gasteiger partial charge in [0.25, 0.3) is 0 Å². The van der Waals surface area contributed by atoms with E-state index in [1.807, 2.05) is 0 Å². The molecule has 4 rings (SSSR count). The van der Waals surface area contributed by atoms with E-state index in [1.165, 1.54) is 12.5 Å². The zero-order valence-electron chi connectivity index (χ0n) is 17.6. The van der Waals surface area contributed by atoms with Gasteiger partial charge in [-0.1, -0.05) is 60.7 Å². The molecule has 0 aromatic heterocycles. The highest BCUT2D eigenvalue weighted by Gasteiger charge is 2.35. The van der Waals surface area contributed by atoms with Gasteiger partial charge in [0.2, 0.25) is 11.8 Å². The minimum atomic E-state index is -0.808. The molecule has 1 heterocycles. The number of nitrogens with one attached hydrogen (secondary N) is 3. The summed E-state index contributed by atoms with van der Waals surface area (Å²) in [4.78, 5) is 26.3. The number of amides is 2. The first-order valence-corrected chi connectivity index (χ1v) is 11.7. The molecule has 1 fully saturated rings. The van der Waals surface area contributed by atoms with Gasteiger partial charge in [-0.25, -0.2) is 4.39 Å². The Hall–Kier alpha value is -2.15. The zero-order valence-corrected chi connectivity index (χ0v) is 19.1. The summed E-state index contributed by atoms with van der Waals surface area (Å²) in [5.41, 5.74) is 1.62. The van der Waals surface area contributed by atoms with Gasteiger partial charge in [-0.05, 0) is 42.2 Å². The molecule has 0 radical (unpaired) electrons. The number of halogens is 3. The third kappa shape index (κ3) is 5.25. The number of benzene rings is 2. The highest BCUT2D eigenvalue weighted by atomic mass is 35.5. The molecule has 1 aliphatic heterocycles. The molecule has 0 spiro atoms. The predicted octanol–water partition coefficient (Wildman–Crippen LogP) is 5.17. The standard InChI is InChI=1S/C24H26Cl2FN3O2/c25-15-10-9-14-13-28-23(24(32)29-16-5-2-1-3-6-16)18(12-21(31)30-20(14)11-15)17-7-4-8-19(26)22(17)27/h4,7-11,16,18,23,28H,1-3,5-6,12-13H2,(H,29,32)(H,30,31)/t18?,23-/m1/s1. The molecule has 2 amide bonds. The average Bonchev–Trinajstić information content (AvgIpc) is 2.83. The third-order valence-electron chi connectivity index (χ3n) is 6.28. The molecule has 0 bridgehead atoms. The Morgan fingerprint density at radius 3 is 2.66 bits per heavy atom. The summed E-state index contributed by atoms with van der Waals surface area (Å²) in [6.45, 7) is 0.314. The van der Waals surface area contributed by atoms with Crippen molar-refractivity contribution < 1.29 is 14.0 Å². The summed E-state index contributed by atoms with van der Waals surface area (Å²) >= 11 is 12.1. The lowest BCUT2D eigenvalue weighted by Gasteiger charge is -2.30. The Balaban J connectivity index is 1.69. The van der Waals surface area contributed by atoms with Crippen molar-refractivity contribution in [3.63, 3.8) is 0 Å². The summed E-state index contributed by atoms with van der Waals surface area (Å²) in [5, 5.41) is 9.74. The van der Waals surface area contributed by atoms with E-state index < -0.39 is 17.8 Å². The quantitative estimate of drug-likeness (QED) is 0.571. The van der Waals surface area contributed by atoms with E-state index in [0.29, 0.717) is 17.3 Å². The molecule has 1 aliphatic carbocycles. The van der Waals surface area contributed by atoms with Crippen LogP contribution >= 0.6 is 23.2 Å². The van der Waals surface area contributed by atoms with Gasteiger partial charge in [-0.2, -0.15) is 0 Å². The molecular formula is C24H26Cl2FN3O2. The van der Waals surface area contributed by atoms with Crippen molar-refractivity contribution in [2.75, 3.05) is 5.32 Å². The van der Waals surface area contributed by atoms with Crippen molar-refractivity contribution in [3.05, 3.63) is 63.4 Å². The van der Waals surface area contributed by atoms with Crippen molar-refractivity contribution in [1.29, 1.82) is 0 Å². The normalized spacial score (nSPS) is 22.2. The minimum absolute atomic E-state index is 0.0377. The molecule has 8 heteroatoms. The van der Waals surface area contributed by atoms with Crippen molar-refractivity contribution >= 4 is 40.7 Å². The molecule has 2 aromatic rings. The smallest absolute Gasteiger partial charge is 0.238 e. The maximum absolute atomic E-state index is 15.0. The van der Waals surface area contributed by atoms with Crippen LogP contribution in [0, 0.1) is 5.82 Å². The third-order valence-corrected chi connectivity index (χ3v) is 6.81. The lowest BCUT2D eigenvalue weighted by molar-refractivity contribution is -0.125. The predicted molar refractivity (Wildman–Crippen MR) is 124 cm³/mol. The Morgan fingerprint density at radius 1 is 1.09 bits per heavy atom. The van der Waals surface area contributed by atoms with Crippen LogP contribution in [0.1, 0.15) is 55.6 Å². The first kappa shape index (κ1) is 23.0. The number of hydrogen-bond acceptors (Lipinski definition) is 3. The average molecular weight is 478 g/mol. The first-order chi connectivity index (χ1) is 15.4. The summed E-state index contributed by atoms with van der Waals surface area (Å²) in [5.74, 6) is -1.89. The number of hydrogen-bond donors (Lipinski definition) is 3. The highest BCUT2D eigenvalue weighted by molar-refractivity contribution is 6.31. The first-order valence-electron chi connectivity index (χ1n) is 11.0. The number of fused-ring (bicyclic) bond motifs is 1. The van der Waals surface area contributed by atoms with Gasteiger partial charge in [0, 0.05) is 35.6 Å². The van der Waals surface area contributed by atoms with Crippen LogP contribution in [0.2, 0.25) is 10.0 Å². The summed E-state index contributed by atoms with van der Waals surface area (Å²) in [6, 6.07) is 9.18. The van der Waals surface area contributed by atoms with Gasteiger partial charge in [-0.3, -0.25) is 9.59 Å². The zero-order chi connectivity index (χ0) is 22.7. The van der Waals surface area contributed by atoms with Gasteiger partial charge < -0.3 is 16.0 Å². The van der Waals surface area contributed by atoms with Gasteiger partial charge >= 0.3 is 0 Å². The summed E-state index contributed by atoms with van der Waals surface area (Å²) in [7, 11) is 0. The van der Waals surface area contributed by atoms with Crippen LogP contribution in [-0.4, -0.2) is 23.9 Å². The molecule has 1 unspecified atom stereocenters. The highest BCUT2D eigenvalue weighted by Crippen LogP contribution is 2.33. The van der Waals surface area contributed by atoms with Crippen molar-refractivity contribution in [3.8, 4) is 0 Å². The molecule has 2 aromatic carbocycles. The largest absolute Gasteiger partial charge is 0.352 e. The molecule has 170 valence electrons. The van der Waals surface area contributed by atoms with Crippen LogP contribution in [0.15, 0.2) is 36.4 Å². The summed E-state index contributed by atoms with van der Waals surface area (Å²) < 4.78 is 15.0. The lowest BCUT2D eigenvalue weighted by atomic mass is 9.86.